The topological polar surface area (TPSA) is 101 Å². The van der Waals surface area contributed by atoms with Gasteiger partial charge in [-0.3, -0.25) is 9.59 Å². The van der Waals surface area contributed by atoms with Crippen LogP contribution in [0.3, 0.4) is 0 Å². The standard InChI is InChI=1S/C16H15NO7/c1-17-8(5-6-11(19)23-3)12(16(21)24-4)13-14(17)9(18)7-10(22-2)15(13)20/h5-7H,1-4H3. The second-order valence-corrected chi connectivity index (χ2v) is 4.80. The minimum atomic E-state index is -0.810. The highest BCUT2D eigenvalue weighted by atomic mass is 16.5. The first-order valence-electron chi connectivity index (χ1n) is 6.79. The maximum absolute atomic E-state index is 12.5. The molecule has 1 aliphatic carbocycles. The molecule has 24 heavy (non-hydrogen) atoms. The molecule has 0 N–H and O–H groups in total. The number of aromatic nitrogens is 1. The maximum atomic E-state index is 12.5. The third kappa shape index (κ3) is 2.62. The number of fused-ring (bicyclic) bond motifs is 1. The Kier molecular flexibility index (Phi) is 4.68. The van der Waals surface area contributed by atoms with Crippen molar-refractivity contribution in [2.45, 2.75) is 0 Å². The Morgan fingerprint density at radius 2 is 1.79 bits per heavy atom. The van der Waals surface area contributed by atoms with Crippen LogP contribution in [0, 0.1) is 0 Å². The van der Waals surface area contributed by atoms with Gasteiger partial charge in [-0.1, -0.05) is 0 Å². The first-order chi connectivity index (χ1) is 11.4. The van der Waals surface area contributed by atoms with Crippen LogP contribution in [0.2, 0.25) is 0 Å². The summed E-state index contributed by atoms with van der Waals surface area (Å²) in [7, 11) is 5.10. The number of methoxy groups -OCH3 is 3. The van der Waals surface area contributed by atoms with E-state index in [1.54, 1.807) is 0 Å². The molecule has 0 saturated heterocycles. The van der Waals surface area contributed by atoms with Crippen LogP contribution in [0.4, 0.5) is 0 Å². The van der Waals surface area contributed by atoms with E-state index in [1.165, 1.54) is 31.9 Å². The van der Waals surface area contributed by atoms with Gasteiger partial charge >= 0.3 is 11.9 Å². The largest absolute Gasteiger partial charge is 0.492 e. The van der Waals surface area contributed by atoms with Gasteiger partial charge in [0.25, 0.3) is 0 Å². The zero-order chi connectivity index (χ0) is 18.0. The predicted octanol–water partition coefficient (Wildman–Crippen LogP) is 0.907. The molecule has 126 valence electrons. The molecule has 2 rings (SSSR count). The molecule has 0 saturated carbocycles. The van der Waals surface area contributed by atoms with Crippen LogP contribution in [-0.4, -0.2) is 49.4 Å². The molecule has 1 aliphatic rings. The van der Waals surface area contributed by atoms with E-state index in [1.807, 2.05) is 0 Å². The summed E-state index contributed by atoms with van der Waals surface area (Å²) in [6.45, 7) is 0. The van der Waals surface area contributed by atoms with E-state index in [-0.39, 0.29) is 28.3 Å². The summed E-state index contributed by atoms with van der Waals surface area (Å²) < 4.78 is 15.5. The third-order valence-corrected chi connectivity index (χ3v) is 3.57. The number of hydrogen-bond donors (Lipinski definition) is 0. The first-order valence-corrected chi connectivity index (χ1v) is 6.79. The van der Waals surface area contributed by atoms with Crippen LogP contribution >= 0.6 is 0 Å². The number of esters is 2. The number of rotatable bonds is 4. The van der Waals surface area contributed by atoms with Crippen molar-refractivity contribution < 1.29 is 33.4 Å². The number of Topliss-reactive ketones (excluding diaryl/α,β-unsaturated/α-hetero) is 1. The van der Waals surface area contributed by atoms with Gasteiger partial charge in [-0.05, 0) is 6.08 Å². The quantitative estimate of drug-likeness (QED) is 0.596. The van der Waals surface area contributed by atoms with Crippen LogP contribution in [0.5, 0.6) is 0 Å². The molecular weight excluding hydrogens is 318 g/mol. The van der Waals surface area contributed by atoms with E-state index in [9.17, 15) is 19.2 Å². The van der Waals surface area contributed by atoms with Gasteiger partial charge < -0.3 is 18.8 Å². The van der Waals surface area contributed by atoms with Crippen molar-refractivity contribution in [1.82, 2.24) is 4.57 Å². The average Bonchev–Trinajstić information content (AvgIpc) is 2.88. The lowest BCUT2D eigenvalue weighted by molar-refractivity contribution is -0.134. The Bertz CT molecular complexity index is 811. The fraction of sp³-hybridized carbons (Fsp3) is 0.250. The third-order valence-electron chi connectivity index (χ3n) is 3.57. The van der Waals surface area contributed by atoms with Gasteiger partial charge in [-0.2, -0.15) is 0 Å². The summed E-state index contributed by atoms with van der Waals surface area (Å²) >= 11 is 0. The predicted molar refractivity (Wildman–Crippen MR) is 81.6 cm³/mol. The fourth-order valence-corrected chi connectivity index (χ4v) is 2.46. The van der Waals surface area contributed by atoms with E-state index in [2.05, 4.69) is 4.74 Å². The fourth-order valence-electron chi connectivity index (χ4n) is 2.46. The van der Waals surface area contributed by atoms with Gasteiger partial charge in [-0.25, -0.2) is 9.59 Å². The van der Waals surface area contributed by atoms with Gasteiger partial charge in [-0.15, -0.1) is 0 Å². The molecule has 8 nitrogen and oxygen atoms in total. The van der Waals surface area contributed by atoms with E-state index >= 15 is 0 Å². The molecule has 8 heteroatoms. The molecule has 0 unspecified atom stereocenters. The molecule has 0 aromatic carbocycles. The lowest BCUT2D eigenvalue weighted by Gasteiger charge is -2.12. The highest BCUT2D eigenvalue weighted by Crippen LogP contribution is 2.31. The Morgan fingerprint density at radius 1 is 1.12 bits per heavy atom. The molecule has 0 atom stereocenters. The van der Waals surface area contributed by atoms with Crippen molar-refractivity contribution in [1.29, 1.82) is 0 Å². The van der Waals surface area contributed by atoms with E-state index in [4.69, 9.17) is 9.47 Å². The molecule has 0 aliphatic heterocycles. The van der Waals surface area contributed by atoms with Crippen molar-refractivity contribution >= 4 is 29.6 Å². The van der Waals surface area contributed by atoms with Crippen molar-refractivity contribution in [3.05, 3.63) is 40.4 Å². The van der Waals surface area contributed by atoms with Crippen molar-refractivity contribution in [2.24, 2.45) is 7.05 Å². The lowest BCUT2D eigenvalue weighted by Crippen LogP contribution is -2.21. The summed E-state index contributed by atoms with van der Waals surface area (Å²) in [6.07, 6.45) is 3.41. The zero-order valence-electron chi connectivity index (χ0n) is 13.5. The van der Waals surface area contributed by atoms with Gasteiger partial charge in [0, 0.05) is 19.2 Å². The smallest absolute Gasteiger partial charge is 0.340 e. The van der Waals surface area contributed by atoms with Gasteiger partial charge in [0.05, 0.1) is 38.2 Å². The van der Waals surface area contributed by atoms with Crippen molar-refractivity contribution in [3.8, 4) is 0 Å². The first kappa shape index (κ1) is 17.2. The minimum Gasteiger partial charge on any atom is -0.492 e. The Morgan fingerprint density at radius 3 is 2.33 bits per heavy atom. The van der Waals surface area contributed by atoms with Crippen molar-refractivity contribution in [2.75, 3.05) is 21.3 Å². The van der Waals surface area contributed by atoms with Gasteiger partial charge in [0.1, 0.15) is 5.69 Å². The van der Waals surface area contributed by atoms with Gasteiger partial charge in [0.15, 0.2) is 5.76 Å². The number of carbonyl (C=O) groups excluding carboxylic acids is 4. The monoisotopic (exact) mass is 333 g/mol. The molecule has 0 fully saturated rings. The maximum Gasteiger partial charge on any atom is 0.340 e. The second kappa shape index (κ2) is 6.53. The SMILES string of the molecule is COC(=O)C=Cc1c(C(=O)OC)c2c(n1C)C(=O)C=C(OC)C2=O. The zero-order valence-corrected chi connectivity index (χ0v) is 13.5. The Hall–Kier alpha value is -3.16. The molecule has 1 heterocycles. The molecule has 0 spiro atoms. The highest BCUT2D eigenvalue weighted by molar-refractivity contribution is 6.27. The summed E-state index contributed by atoms with van der Waals surface area (Å²) in [5.74, 6) is -2.74. The molecule has 1 aromatic rings. The van der Waals surface area contributed by atoms with Crippen LogP contribution in [0.25, 0.3) is 6.08 Å². The molecular formula is C16H15NO7. The van der Waals surface area contributed by atoms with E-state index in [0.717, 1.165) is 19.3 Å². The summed E-state index contributed by atoms with van der Waals surface area (Å²) in [6, 6.07) is 0. The Balaban J connectivity index is 2.76. The molecule has 1 aromatic heterocycles. The Labute approximate surface area is 137 Å². The lowest BCUT2D eigenvalue weighted by atomic mass is 9.96. The average molecular weight is 333 g/mol. The number of carbonyl (C=O) groups is 4. The summed E-state index contributed by atoms with van der Waals surface area (Å²) in [5.41, 5.74) is -0.0372. The summed E-state index contributed by atoms with van der Waals surface area (Å²) in [4.78, 5) is 48.3. The van der Waals surface area contributed by atoms with Crippen LogP contribution in [0.1, 0.15) is 36.9 Å². The normalized spacial score (nSPS) is 13.6. The van der Waals surface area contributed by atoms with E-state index in [0.29, 0.717) is 0 Å². The second-order valence-electron chi connectivity index (χ2n) is 4.80. The van der Waals surface area contributed by atoms with E-state index < -0.39 is 23.5 Å². The van der Waals surface area contributed by atoms with Crippen LogP contribution in [-0.2, 0) is 26.1 Å². The van der Waals surface area contributed by atoms with Gasteiger partial charge in [0.2, 0.25) is 11.6 Å². The van der Waals surface area contributed by atoms with Crippen LogP contribution < -0.4 is 0 Å². The molecule has 0 bridgehead atoms. The molecule has 0 radical (unpaired) electrons. The number of hydrogen-bond acceptors (Lipinski definition) is 7. The number of nitrogens with zero attached hydrogens (tertiary/aromatic N) is 1. The number of allylic oxidation sites excluding steroid dienone is 2. The van der Waals surface area contributed by atoms with Crippen LogP contribution in [0.15, 0.2) is 17.9 Å². The highest BCUT2D eigenvalue weighted by Gasteiger charge is 2.37. The minimum absolute atomic E-state index is 0.0192. The van der Waals surface area contributed by atoms with Crippen molar-refractivity contribution in [3.63, 3.8) is 0 Å². The summed E-state index contributed by atoms with van der Waals surface area (Å²) in [5, 5.41) is 0. The number of ether oxygens (including phenoxy) is 3. The molecule has 0 amide bonds. The number of ketones is 2.